The fourth-order valence-electron chi connectivity index (χ4n) is 6.29. The number of rotatable bonds is 6. The minimum absolute atomic E-state index is 0. The van der Waals surface area contributed by atoms with Gasteiger partial charge in [-0.3, -0.25) is 0 Å². The number of para-hydroxylation sites is 2. The van der Waals surface area contributed by atoms with Gasteiger partial charge in [0.1, 0.15) is 21.5 Å². The minimum Gasteiger partial charge on any atom is -0.748 e. The molecule has 5 rings (SSSR count). The SMILES string of the molecule is CC1(C)C(C=C/C=C2\C(C)(C)c3ccccc3[N+]23CC3S(=O)(=O)[O-])=[N+](CCS(=O)(=O)[O-])c2ccccc21.[K+]. The van der Waals surface area contributed by atoms with Crippen molar-refractivity contribution >= 4 is 37.3 Å². The van der Waals surface area contributed by atoms with Crippen molar-refractivity contribution in [3.05, 3.63) is 83.6 Å². The normalized spacial score (nSPS) is 26.1. The van der Waals surface area contributed by atoms with Gasteiger partial charge in [0.2, 0.25) is 11.1 Å². The molecule has 8 nitrogen and oxygen atoms in total. The van der Waals surface area contributed by atoms with E-state index in [1.807, 2.05) is 99.0 Å². The van der Waals surface area contributed by atoms with Crippen LogP contribution in [0.4, 0.5) is 11.4 Å². The first kappa shape index (κ1) is 30.0. The van der Waals surface area contributed by atoms with E-state index in [-0.39, 0.29) is 69.0 Å². The van der Waals surface area contributed by atoms with Gasteiger partial charge >= 0.3 is 51.4 Å². The Morgan fingerprint density at radius 1 is 0.947 bits per heavy atom. The molecule has 38 heavy (non-hydrogen) atoms. The van der Waals surface area contributed by atoms with Crippen molar-refractivity contribution in [1.82, 2.24) is 4.48 Å². The topological polar surface area (TPSA) is 117 Å². The van der Waals surface area contributed by atoms with Crippen molar-refractivity contribution in [2.75, 3.05) is 18.8 Å². The van der Waals surface area contributed by atoms with Gasteiger partial charge in [-0.25, -0.2) is 21.3 Å². The Labute approximate surface area is 267 Å². The number of quaternary nitrogens is 1. The van der Waals surface area contributed by atoms with E-state index in [9.17, 15) is 25.9 Å². The molecule has 11 heteroatoms. The van der Waals surface area contributed by atoms with E-state index in [1.54, 1.807) is 0 Å². The largest absolute Gasteiger partial charge is 1.00 e. The molecule has 3 aliphatic heterocycles. The van der Waals surface area contributed by atoms with Gasteiger partial charge in [-0.2, -0.15) is 4.58 Å². The number of hydrogen-bond donors (Lipinski definition) is 0. The Kier molecular flexibility index (Phi) is 7.75. The molecule has 1 fully saturated rings. The summed E-state index contributed by atoms with van der Waals surface area (Å²) in [5.74, 6) is -0.527. The smallest absolute Gasteiger partial charge is 0.748 e. The molecule has 1 spiro atoms. The fourth-order valence-corrected chi connectivity index (χ4v) is 7.78. The van der Waals surface area contributed by atoms with Crippen LogP contribution in [0.3, 0.4) is 0 Å². The Morgan fingerprint density at radius 2 is 1.55 bits per heavy atom. The van der Waals surface area contributed by atoms with Gasteiger partial charge in [-0.15, -0.1) is 0 Å². The monoisotopic (exact) mass is 581 g/mol. The van der Waals surface area contributed by atoms with Crippen LogP contribution in [-0.2, 0) is 31.1 Å². The van der Waals surface area contributed by atoms with Gasteiger partial charge < -0.3 is 9.11 Å². The minimum atomic E-state index is -4.52. The van der Waals surface area contributed by atoms with Crippen molar-refractivity contribution in [2.45, 2.75) is 43.9 Å². The number of hydrogen-bond acceptors (Lipinski definition) is 6. The summed E-state index contributed by atoms with van der Waals surface area (Å²) in [5, 5.41) is -1.06. The molecule has 0 bridgehead atoms. The van der Waals surface area contributed by atoms with Crippen LogP contribution >= 0.6 is 0 Å². The number of benzene rings is 2. The van der Waals surface area contributed by atoms with Gasteiger partial charge in [0.25, 0.3) is 0 Å². The molecule has 0 amide bonds. The van der Waals surface area contributed by atoms with Gasteiger partial charge in [0.05, 0.1) is 16.6 Å². The van der Waals surface area contributed by atoms with E-state index in [2.05, 4.69) is 0 Å². The Morgan fingerprint density at radius 3 is 2.16 bits per heavy atom. The average Bonchev–Trinajstić information content (AvgIpc) is 3.48. The molecule has 0 saturated carbocycles. The molecule has 0 aromatic heterocycles. The maximum Gasteiger partial charge on any atom is 1.00 e. The first-order chi connectivity index (χ1) is 17.1. The molecule has 196 valence electrons. The molecule has 2 unspecified atom stereocenters. The summed E-state index contributed by atoms with van der Waals surface area (Å²) in [7, 11) is -8.93. The van der Waals surface area contributed by atoms with Gasteiger partial charge in [-0.1, -0.05) is 42.5 Å². The number of fused-ring (bicyclic) bond motifs is 3. The summed E-state index contributed by atoms with van der Waals surface area (Å²) >= 11 is 0. The third-order valence-corrected chi connectivity index (χ3v) is 9.94. The molecule has 0 aliphatic carbocycles. The van der Waals surface area contributed by atoms with Crippen LogP contribution in [0.25, 0.3) is 0 Å². The zero-order valence-corrected chi connectivity index (χ0v) is 27.0. The molecule has 3 aliphatic rings. The maximum absolute atomic E-state index is 12.1. The van der Waals surface area contributed by atoms with E-state index in [4.69, 9.17) is 0 Å². The third-order valence-electron chi connectivity index (χ3n) is 8.09. The zero-order chi connectivity index (χ0) is 27.0. The predicted molar refractivity (Wildman–Crippen MR) is 141 cm³/mol. The molecule has 2 aromatic rings. The summed E-state index contributed by atoms with van der Waals surface area (Å²) in [6.07, 6.45) is 5.63. The average molecular weight is 582 g/mol. The molecule has 2 atom stereocenters. The molecular formula is C27H30KN2O6S2+. The summed E-state index contributed by atoms with van der Waals surface area (Å²) in [6, 6.07) is 15.3. The van der Waals surface area contributed by atoms with E-state index >= 15 is 0 Å². The maximum atomic E-state index is 12.1. The second-order valence-electron chi connectivity index (χ2n) is 11.0. The summed E-state index contributed by atoms with van der Waals surface area (Å²) in [4.78, 5) is 0. The number of nitrogens with zero attached hydrogens (tertiary/aromatic N) is 2. The zero-order valence-electron chi connectivity index (χ0n) is 22.2. The first-order valence-electron chi connectivity index (χ1n) is 12.1. The van der Waals surface area contributed by atoms with Crippen LogP contribution in [0.5, 0.6) is 0 Å². The van der Waals surface area contributed by atoms with Gasteiger partial charge in [0.15, 0.2) is 28.9 Å². The van der Waals surface area contributed by atoms with Crippen molar-refractivity contribution in [2.24, 2.45) is 0 Å². The van der Waals surface area contributed by atoms with E-state index in [0.717, 1.165) is 33.9 Å². The van der Waals surface area contributed by atoms with E-state index < -0.39 is 42.2 Å². The van der Waals surface area contributed by atoms with E-state index in [1.165, 1.54) is 0 Å². The van der Waals surface area contributed by atoms with E-state index in [0.29, 0.717) is 0 Å². The molecule has 1 saturated heterocycles. The van der Waals surface area contributed by atoms with Gasteiger partial charge in [0, 0.05) is 23.3 Å². The summed E-state index contributed by atoms with van der Waals surface area (Å²) < 4.78 is 72.5. The van der Waals surface area contributed by atoms with Crippen molar-refractivity contribution in [3.63, 3.8) is 0 Å². The Balaban J connectivity index is 0.00000336. The summed E-state index contributed by atoms with van der Waals surface area (Å²) in [5.41, 5.74) is 4.37. The fraction of sp³-hybridized carbons (Fsp3) is 0.370. The number of allylic oxidation sites excluding steroid dienone is 4. The molecule has 2 aromatic carbocycles. The van der Waals surface area contributed by atoms with Gasteiger partial charge in [-0.05, 0) is 39.8 Å². The molecule has 0 radical (unpaired) electrons. The molecule has 3 heterocycles. The second kappa shape index (κ2) is 9.83. The van der Waals surface area contributed by atoms with Crippen LogP contribution < -0.4 is 55.9 Å². The second-order valence-corrected chi connectivity index (χ2v) is 14.0. The molecular weight excluding hydrogens is 552 g/mol. The Hall–Kier alpha value is -0.994. The van der Waals surface area contributed by atoms with Crippen LogP contribution in [0.1, 0.15) is 38.8 Å². The van der Waals surface area contributed by atoms with Crippen LogP contribution in [0.2, 0.25) is 0 Å². The van der Waals surface area contributed by atoms with Crippen LogP contribution in [0, 0.1) is 0 Å². The van der Waals surface area contributed by atoms with Crippen molar-refractivity contribution in [1.29, 1.82) is 0 Å². The first-order valence-corrected chi connectivity index (χ1v) is 15.2. The molecule has 0 N–H and O–H groups in total. The predicted octanol–water partition coefficient (Wildman–Crippen LogP) is 0.236. The standard InChI is InChI=1S/C27H30N2O6S2.K/c1-26(2)19-10-5-7-12-21(19)28(16-17-36(30,31)32)23(26)14-9-15-24-27(3,4)20-11-6-8-13-22(20)29(24)18-25(29)37(33,34)35;/h5-15,25H,16-18H2,1-4H3;/q;+1/b14-9?,24-15+;. The van der Waals surface area contributed by atoms with Crippen molar-refractivity contribution in [3.8, 4) is 0 Å². The van der Waals surface area contributed by atoms with Crippen LogP contribution in [0.15, 0.2) is 72.5 Å². The van der Waals surface area contributed by atoms with Crippen molar-refractivity contribution < 1.29 is 81.9 Å². The third kappa shape index (κ3) is 4.78. The quantitative estimate of drug-likeness (QED) is 0.159. The summed E-state index contributed by atoms with van der Waals surface area (Å²) in [6.45, 7) is 8.36. The Bertz CT molecular complexity index is 1620. The van der Waals surface area contributed by atoms with Crippen LogP contribution in [-0.4, -0.2) is 60.4 Å².